The van der Waals surface area contributed by atoms with Gasteiger partial charge in [0.15, 0.2) is 11.5 Å². The van der Waals surface area contributed by atoms with Gasteiger partial charge >= 0.3 is 5.97 Å². The molecule has 0 spiro atoms. The molecule has 7 nitrogen and oxygen atoms in total. The summed E-state index contributed by atoms with van der Waals surface area (Å²) in [6.07, 6.45) is 1.59. The van der Waals surface area contributed by atoms with Gasteiger partial charge in [0.05, 0.1) is 26.7 Å². The van der Waals surface area contributed by atoms with E-state index in [-0.39, 0.29) is 25.4 Å². The Morgan fingerprint density at radius 2 is 2.25 bits per heavy atom. The first-order chi connectivity index (χ1) is 9.56. The van der Waals surface area contributed by atoms with Crippen LogP contribution in [0.3, 0.4) is 0 Å². The third-order valence-corrected chi connectivity index (χ3v) is 3.27. The highest BCUT2D eigenvalue weighted by Gasteiger charge is 2.34. The summed E-state index contributed by atoms with van der Waals surface area (Å²) in [6.45, 7) is 0.402. The lowest BCUT2D eigenvalue weighted by molar-refractivity contribution is -0.141. The van der Waals surface area contributed by atoms with Crippen molar-refractivity contribution < 1.29 is 24.2 Å². The predicted molar refractivity (Wildman–Crippen MR) is 68.5 cm³/mol. The summed E-state index contributed by atoms with van der Waals surface area (Å²) in [4.78, 5) is 28.4. The van der Waals surface area contributed by atoms with Crippen molar-refractivity contribution in [3.63, 3.8) is 0 Å². The van der Waals surface area contributed by atoms with Crippen LogP contribution >= 0.6 is 0 Å². The fourth-order valence-corrected chi connectivity index (χ4v) is 2.23. The van der Waals surface area contributed by atoms with Gasteiger partial charge in [-0.2, -0.15) is 0 Å². The molecule has 0 bridgehead atoms. The van der Waals surface area contributed by atoms with Gasteiger partial charge in [-0.05, 0) is 0 Å². The number of pyridine rings is 1. The quantitative estimate of drug-likeness (QED) is 0.846. The number of carbonyl (C=O) groups is 2. The van der Waals surface area contributed by atoms with Crippen molar-refractivity contribution in [3.05, 3.63) is 18.0 Å². The maximum Gasteiger partial charge on any atom is 0.308 e. The lowest BCUT2D eigenvalue weighted by Gasteiger charge is -2.18. The molecule has 2 heterocycles. The van der Waals surface area contributed by atoms with E-state index in [1.165, 1.54) is 19.1 Å². The van der Waals surface area contributed by atoms with Crippen molar-refractivity contribution in [2.24, 2.45) is 5.92 Å². The van der Waals surface area contributed by atoms with Crippen LogP contribution in [0, 0.1) is 5.92 Å². The molecular formula is C13H16N2O5. The highest BCUT2D eigenvalue weighted by atomic mass is 16.5. The van der Waals surface area contributed by atoms with Crippen LogP contribution in [-0.4, -0.2) is 47.6 Å². The second kappa shape index (κ2) is 5.77. The Morgan fingerprint density at radius 1 is 1.50 bits per heavy atom. The summed E-state index contributed by atoms with van der Waals surface area (Å²) < 4.78 is 10.4. The SMILES string of the molecule is COc1ccnc(CN2CC(C(=O)O)CC2=O)c1OC. The minimum atomic E-state index is -0.952. The van der Waals surface area contributed by atoms with Crippen LogP contribution in [0.2, 0.25) is 0 Å². The number of nitrogens with zero attached hydrogens (tertiary/aromatic N) is 2. The number of likely N-dealkylation sites (tertiary alicyclic amines) is 1. The van der Waals surface area contributed by atoms with Crippen molar-refractivity contribution in [2.45, 2.75) is 13.0 Å². The van der Waals surface area contributed by atoms with E-state index >= 15 is 0 Å². The number of aliphatic carboxylic acids is 1. The molecule has 2 rings (SSSR count). The smallest absolute Gasteiger partial charge is 0.308 e. The zero-order chi connectivity index (χ0) is 14.7. The van der Waals surface area contributed by atoms with Crippen LogP contribution in [0.5, 0.6) is 11.5 Å². The average Bonchev–Trinajstić information content (AvgIpc) is 2.80. The van der Waals surface area contributed by atoms with E-state index in [9.17, 15) is 9.59 Å². The maximum absolute atomic E-state index is 11.8. The van der Waals surface area contributed by atoms with E-state index in [0.29, 0.717) is 17.2 Å². The number of aromatic nitrogens is 1. The molecule has 0 saturated carbocycles. The molecule has 0 radical (unpaired) electrons. The first kappa shape index (κ1) is 14.1. The van der Waals surface area contributed by atoms with Crippen molar-refractivity contribution in [3.8, 4) is 11.5 Å². The third kappa shape index (κ3) is 2.66. The van der Waals surface area contributed by atoms with Gasteiger partial charge < -0.3 is 19.5 Å². The fourth-order valence-electron chi connectivity index (χ4n) is 2.23. The van der Waals surface area contributed by atoms with Gasteiger partial charge in [-0.15, -0.1) is 0 Å². The summed E-state index contributed by atoms with van der Waals surface area (Å²) in [5.74, 6) is -0.810. The van der Waals surface area contributed by atoms with Crippen LogP contribution in [0.1, 0.15) is 12.1 Å². The third-order valence-electron chi connectivity index (χ3n) is 3.27. The van der Waals surface area contributed by atoms with Gasteiger partial charge in [-0.1, -0.05) is 0 Å². The Hall–Kier alpha value is -2.31. The van der Waals surface area contributed by atoms with Gasteiger partial charge in [-0.25, -0.2) is 0 Å². The normalized spacial score (nSPS) is 18.2. The van der Waals surface area contributed by atoms with Crippen molar-refractivity contribution in [1.29, 1.82) is 0 Å². The maximum atomic E-state index is 11.8. The first-order valence-electron chi connectivity index (χ1n) is 6.13. The van der Waals surface area contributed by atoms with Crippen molar-refractivity contribution >= 4 is 11.9 Å². The molecule has 0 aliphatic carbocycles. The zero-order valence-electron chi connectivity index (χ0n) is 11.3. The molecule has 1 aromatic heterocycles. The van der Waals surface area contributed by atoms with Crippen LogP contribution in [0.4, 0.5) is 0 Å². The molecule has 1 aliphatic rings. The minimum Gasteiger partial charge on any atom is -0.493 e. The van der Waals surface area contributed by atoms with E-state index in [1.54, 1.807) is 12.3 Å². The summed E-state index contributed by atoms with van der Waals surface area (Å²) in [5, 5.41) is 8.96. The van der Waals surface area contributed by atoms with Gasteiger partial charge in [0.25, 0.3) is 0 Å². The molecule has 7 heteroatoms. The summed E-state index contributed by atoms with van der Waals surface area (Å²) in [5.41, 5.74) is 0.547. The molecule has 108 valence electrons. The minimum absolute atomic E-state index is 0.0294. The number of carbonyl (C=O) groups excluding carboxylic acids is 1. The summed E-state index contributed by atoms with van der Waals surface area (Å²) >= 11 is 0. The number of ether oxygens (including phenoxy) is 2. The number of rotatable bonds is 5. The largest absolute Gasteiger partial charge is 0.493 e. The van der Waals surface area contributed by atoms with Crippen LogP contribution in [0.25, 0.3) is 0 Å². The predicted octanol–water partition coefficient (Wildman–Crippen LogP) is 0.532. The highest BCUT2D eigenvalue weighted by Crippen LogP contribution is 2.31. The monoisotopic (exact) mass is 280 g/mol. The number of amides is 1. The van der Waals surface area contributed by atoms with Gasteiger partial charge in [0, 0.05) is 25.2 Å². The molecule has 1 aliphatic heterocycles. The molecule has 1 N–H and O–H groups in total. The van der Waals surface area contributed by atoms with Crippen molar-refractivity contribution in [2.75, 3.05) is 20.8 Å². The van der Waals surface area contributed by atoms with E-state index < -0.39 is 11.9 Å². The molecule has 0 aromatic carbocycles. The number of hydrogen-bond donors (Lipinski definition) is 1. The summed E-state index contributed by atoms with van der Waals surface area (Å²) in [6, 6.07) is 1.66. The van der Waals surface area contributed by atoms with Crippen LogP contribution < -0.4 is 9.47 Å². The Kier molecular flexibility index (Phi) is 4.07. The Labute approximate surface area is 116 Å². The second-order valence-corrected chi connectivity index (χ2v) is 4.51. The number of carboxylic acid groups (broad SMARTS) is 1. The fraction of sp³-hybridized carbons (Fsp3) is 0.462. The van der Waals surface area contributed by atoms with Crippen LogP contribution in [-0.2, 0) is 16.1 Å². The average molecular weight is 280 g/mol. The lowest BCUT2D eigenvalue weighted by atomic mass is 10.1. The van der Waals surface area contributed by atoms with Crippen LogP contribution in [0.15, 0.2) is 12.3 Å². The van der Waals surface area contributed by atoms with Crippen molar-refractivity contribution in [1.82, 2.24) is 9.88 Å². The number of carboxylic acids is 1. The zero-order valence-corrected chi connectivity index (χ0v) is 11.3. The lowest BCUT2D eigenvalue weighted by Crippen LogP contribution is -2.26. The molecule has 1 amide bonds. The Balaban J connectivity index is 2.18. The Bertz CT molecular complexity index is 531. The first-order valence-corrected chi connectivity index (χ1v) is 6.13. The molecule has 1 fully saturated rings. The molecule has 1 unspecified atom stereocenters. The number of methoxy groups -OCH3 is 2. The molecule has 1 aromatic rings. The van der Waals surface area contributed by atoms with Gasteiger partial charge in [0.1, 0.15) is 5.69 Å². The van der Waals surface area contributed by atoms with E-state index in [2.05, 4.69) is 4.98 Å². The second-order valence-electron chi connectivity index (χ2n) is 4.51. The summed E-state index contributed by atoms with van der Waals surface area (Å²) in [7, 11) is 3.01. The van der Waals surface area contributed by atoms with E-state index in [0.717, 1.165) is 0 Å². The topological polar surface area (TPSA) is 89.0 Å². The van der Waals surface area contributed by atoms with Gasteiger partial charge in [0.2, 0.25) is 5.91 Å². The highest BCUT2D eigenvalue weighted by molar-refractivity contribution is 5.86. The van der Waals surface area contributed by atoms with E-state index in [4.69, 9.17) is 14.6 Å². The van der Waals surface area contributed by atoms with Gasteiger partial charge in [-0.3, -0.25) is 14.6 Å². The number of hydrogen-bond acceptors (Lipinski definition) is 5. The molecule has 1 atom stereocenters. The molecule has 1 saturated heterocycles. The Morgan fingerprint density at radius 3 is 2.80 bits per heavy atom. The molecule has 20 heavy (non-hydrogen) atoms. The van der Waals surface area contributed by atoms with E-state index in [1.807, 2.05) is 0 Å². The molecular weight excluding hydrogens is 264 g/mol. The standard InChI is InChI=1S/C13H16N2O5/c1-19-10-3-4-14-9(12(10)20-2)7-15-6-8(13(17)18)5-11(15)16/h3-4,8H,5-7H2,1-2H3,(H,17,18).